The molecule has 0 radical (unpaired) electrons. The third-order valence-corrected chi connectivity index (χ3v) is 2.12. The van der Waals surface area contributed by atoms with Crippen LogP contribution in [0.15, 0.2) is 24.3 Å². The number of aliphatic hydroxyl groups is 2. The standard InChI is InChI=1S/C13H16O2/c14-10-6-2-1-3-7-12-8-4-5-9-13(12)11-15/h4-5,8-9,14-15H,1-2,6,10-11H2. The van der Waals surface area contributed by atoms with E-state index in [1.54, 1.807) is 0 Å². The molecule has 0 aliphatic rings. The Labute approximate surface area is 90.6 Å². The van der Waals surface area contributed by atoms with E-state index in [1.807, 2.05) is 24.3 Å². The van der Waals surface area contributed by atoms with Crippen molar-refractivity contribution in [3.63, 3.8) is 0 Å². The van der Waals surface area contributed by atoms with Crippen LogP contribution in [-0.2, 0) is 6.61 Å². The van der Waals surface area contributed by atoms with Crippen LogP contribution in [0.2, 0.25) is 0 Å². The molecule has 0 aliphatic heterocycles. The van der Waals surface area contributed by atoms with Gasteiger partial charge in [-0.25, -0.2) is 0 Å². The SMILES string of the molecule is OCCCCC#Cc1ccccc1CO. The Morgan fingerprint density at radius 3 is 2.60 bits per heavy atom. The Morgan fingerprint density at radius 1 is 1.07 bits per heavy atom. The molecule has 1 aromatic carbocycles. The van der Waals surface area contributed by atoms with Gasteiger partial charge in [-0.05, 0) is 24.5 Å². The second kappa shape index (κ2) is 7.05. The molecule has 0 unspecified atom stereocenters. The van der Waals surface area contributed by atoms with E-state index >= 15 is 0 Å². The molecule has 0 saturated heterocycles. The molecular formula is C13H16O2. The van der Waals surface area contributed by atoms with Crippen LogP contribution in [0.4, 0.5) is 0 Å². The molecule has 1 aromatic rings. The van der Waals surface area contributed by atoms with Crippen molar-refractivity contribution < 1.29 is 10.2 Å². The normalized spacial score (nSPS) is 9.47. The topological polar surface area (TPSA) is 40.5 Å². The molecule has 0 aliphatic carbocycles. The number of aliphatic hydroxyl groups excluding tert-OH is 2. The van der Waals surface area contributed by atoms with Crippen LogP contribution in [0.25, 0.3) is 0 Å². The minimum absolute atomic E-state index is 0.0293. The molecule has 0 bridgehead atoms. The molecule has 2 heteroatoms. The Balaban J connectivity index is 2.55. The van der Waals surface area contributed by atoms with E-state index in [9.17, 15) is 0 Å². The summed E-state index contributed by atoms with van der Waals surface area (Å²) in [5.74, 6) is 6.07. The predicted molar refractivity (Wildman–Crippen MR) is 60.2 cm³/mol. The average Bonchev–Trinajstić information content (AvgIpc) is 2.29. The van der Waals surface area contributed by atoms with E-state index in [0.29, 0.717) is 0 Å². The fourth-order valence-electron chi connectivity index (χ4n) is 1.26. The minimum Gasteiger partial charge on any atom is -0.396 e. The number of benzene rings is 1. The molecule has 0 spiro atoms. The van der Waals surface area contributed by atoms with Gasteiger partial charge in [0.1, 0.15) is 0 Å². The van der Waals surface area contributed by atoms with Gasteiger partial charge in [0.05, 0.1) is 6.61 Å². The van der Waals surface area contributed by atoms with Crippen LogP contribution in [0, 0.1) is 11.8 Å². The van der Waals surface area contributed by atoms with E-state index in [0.717, 1.165) is 30.4 Å². The summed E-state index contributed by atoms with van der Waals surface area (Å²) in [6.07, 6.45) is 2.52. The summed E-state index contributed by atoms with van der Waals surface area (Å²) in [6.45, 7) is 0.260. The highest BCUT2D eigenvalue weighted by molar-refractivity contribution is 5.40. The van der Waals surface area contributed by atoms with E-state index in [-0.39, 0.29) is 13.2 Å². The summed E-state index contributed by atoms with van der Waals surface area (Å²) in [6, 6.07) is 7.59. The Bertz CT molecular complexity index is 347. The van der Waals surface area contributed by atoms with Gasteiger partial charge in [-0.15, -0.1) is 0 Å². The molecule has 15 heavy (non-hydrogen) atoms. The van der Waals surface area contributed by atoms with Crippen molar-refractivity contribution in [1.82, 2.24) is 0 Å². The van der Waals surface area contributed by atoms with Crippen molar-refractivity contribution in [1.29, 1.82) is 0 Å². The van der Waals surface area contributed by atoms with Crippen LogP contribution >= 0.6 is 0 Å². The monoisotopic (exact) mass is 204 g/mol. The molecule has 2 nitrogen and oxygen atoms in total. The first-order chi connectivity index (χ1) is 7.38. The van der Waals surface area contributed by atoms with Crippen LogP contribution in [0.3, 0.4) is 0 Å². The molecule has 0 aromatic heterocycles. The molecular weight excluding hydrogens is 188 g/mol. The van der Waals surface area contributed by atoms with Crippen molar-refractivity contribution in [2.24, 2.45) is 0 Å². The fourth-order valence-corrected chi connectivity index (χ4v) is 1.26. The summed E-state index contributed by atoms with van der Waals surface area (Å²) in [5.41, 5.74) is 1.76. The van der Waals surface area contributed by atoms with Crippen molar-refractivity contribution in [3.8, 4) is 11.8 Å². The van der Waals surface area contributed by atoms with E-state index < -0.39 is 0 Å². The molecule has 0 heterocycles. The highest BCUT2D eigenvalue weighted by atomic mass is 16.3. The summed E-state index contributed by atoms with van der Waals surface area (Å²) in [7, 11) is 0. The van der Waals surface area contributed by atoms with Gasteiger partial charge in [-0.3, -0.25) is 0 Å². The highest BCUT2D eigenvalue weighted by Gasteiger charge is 1.94. The Hall–Kier alpha value is -1.30. The van der Waals surface area contributed by atoms with Crippen LogP contribution in [-0.4, -0.2) is 16.8 Å². The van der Waals surface area contributed by atoms with Crippen LogP contribution in [0.5, 0.6) is 0 Å². The summed E-state index contributed by atoms with van der Waals surface area (Å²) >= 11 is 0. The second-order valence-electron chi connectivity index (χ2n) is 3.30. The zero-order valence-electron chi connectivity index (χ0n) is 8.74. The Kier molecular flexibility index (Phi) is 5.54. The van der Waals surface area contributed by atoms with Gasteiger partial charge in [0.2, 0.25) is 0 Å². The van der Waals surface area contributed by atoms with Crippen LogP contribution < -0.4 is 0 Å². The van der Waals surface area contributed by atoms with Gasteiger partial charge in [0.25, 0.3) is 0 Å². The minimum atomic E-state index is 0.0293. The lowest BCUT2D eigenvalue weighted by molar-refractivity contribution is 0.281. The van der Waals surface area contributed by atoms with Crippen molar-refractivity contribution >= 4 is 0 Å². The van der Waals surface area contributed by atoms with Gasteiger partial charge in [-0.1, -0.05) is 30.0 Å². The zero-order valence-corrected chi connectivity index (χ0v) is 8.74. The van der Waals surface area contributed by atoms with Crippen molar-refractivity contribution in [2.45, 2.75) is 25.9 Å². The molecule has 0 fully saturated rings. The van der Waals surface area contributed by atoms with E-state index in [2.05, 4.69) is 11.8 Å². The van der Waals surface area contributed by atoms with Gasteiger partial charge in [0.15, 0.2) is 0 Å². The number of hydrogen-bond donors (Lipinski definition) is 2. The molecule has 0 saturated carbocycles. The quantitative estimate of drug-likeness (QED) is 0.579. The number of rotatable bonds is 4. The van der Waals surface area contributed by atoms with Gasteiger partial charge in [-0.2, -0.15) is 0 Å². The summed E-state index contributed by atoms with van der Waals surface area (Å²) < 4.78 is 0. The number of unbranched alkanes of at least 4 members (excludes halogenated alkanes) is 2. The smallest absolute Gasteiger partial charge is 0.0694 e. The van der Waals surface area contributed by atoms with Gasteiger partial charge < -0.3 is 10.2 Å². The largest absolute Gasteiger partial charge is 0.396 e. The van der Waals surface area contributed by atoms with E-state index in [1.165, 1.54) is 0 Å². The summed E-state index contributed by atoms with van der Waals surface area (Å²) in [5, 5.41) is 17.6. The molecule has 0 amide bonds. The predicted octanol–water partition coefficient (Wildman–Crippen LogP) is 1.69. The lowest BCUT2D eigenvalue weighted by atomic mass is 10.1. The first-order valence-corrected chi connectivity index (χ1v) is 5.17. The third-order valence-electron chi connectivity index (χ3n) is 2.12. The molecule has 0 atom stereocenters. The van der Waals surface area contributed by atoms with Gasteiger partial charge in [0, 0.05) is 18.6 Å². The second-order valence-corrected chi connectivity index (χ2v) is 3.30. The van der Waals surface area contributed by atoms with E-state index in [4.69, 9.17) is 10.2 Å². The molecule has 2 N–H and O–H groups in total. The maximum Gasteiger partial charge on any atom is 0.0694 e. The lowest BCUT2D eigenvalue weighted by Gasteiger charge is -1.98. The first-order valence-electron chi connectivity index (χ1n) is 5.17. The van der Waals surface area contributed by atoms with Crippen molar-refractivity contribution in [2.75, 3.05) is 6.61 Å². The number of hydrogen-bond acceptors (Lipinski definition) is 2. The maximum absolute atomic E-state index is 9.06. The third kappa shape index (κ3) is 4.16. The maximum atomic E-state index is 9.06. The summed E-state index contributed by atoms with van der Waals surface area (Å²) in [4.78, 5) is 0. The molecule has 80 valence electrons. The van der Waals surface area contributed by atoms with Crippen LogP contribution in [0.1, 0.15) is 30.4 Å². The average molecular weight is 204 g/mol. The van der Waals surface area contributed by atoms with Gasteiger partial charge >= 0.3 is 0 Å². The Morgan fingerprint density at radius 2 is 1.87 bits per heavy atom. The lowest BCUT2D eigenvalue weighted by Crippen LogP contribution is -1.88. The van der Waals surface area contributed by atoms with Crippen molar-refractivity contribution in [3.05, 3.63) is 35.4 Å². The highest BCUT2D eigenvalue weighted by Crippen LogP contribution is 2.06. The molecule has 1 rings (SSSR count). The zero-order chi connectivity index (χ0) is 10.9. The fraction of sp³-hybridized carbons (Fsp3) is 0.385. The first kappa shape index (κ1) is 11.8.